The van der Waals surface area contributed by atoms with Crippen LogP contribution in [0.15, 0.2) is 221 Å². The Morgan fingerprint density at radius 2 is 0.596 bits per heavy atom. The number of fused-ring (bicyclic) bond motifs is 6. The normalized spacial score (nSPS) is 11.5. The van der Waals surface area contributed by atoms with Crippen LogP contribution in [0.3, 0.4) is 0 Å². The van der Waals surface area contributed by atoms with Crippen LogP contribution in [0.5, 0.6) is 0 Å². The number of anilines is 3. The van der Waals surface area contributed by atoms with Gasteiger partial charge in [0.05, 0.1) is 0 Å². The summed E-state index contributed by atoms with van der Waals surface area (Å²) in [5, 5.41) is 4.47. The molecule has 9 aromatic carbocycles. The number of furan rings is 2. The van der Waals surface area contributed by atoms with Crippen LogP contribution in [0.25, 0.3) is 88.4 Å². The zero-order valence-electron chi connectivity index (χ0n) is 31.0. The molecule has 0 bridgehead atoms. The summed E-state index contributed by atoms with van der Waals surface area (Å²) in [7, 11) is 0. The van der Waals surface area contributed by atoms with Crippen molar-refractivity contribution in [3.8, 4) is 44.5 Å². The minimum Gasteiger partial charge on any atom is -0.456 e. The number of nitrogens with zero attached hydrogens (tertiary/aromatic N) is 1. The molecule has 11 aromatic rings. The summed E-state index contributed by atoms with van der Waals surface area (Å²) in [6, 6.07) is 75.3. The monoisotopic (exact) mass is 729 g/mol. The van der Waals surface area contributed by atoms with Gasteiger partial charge in [-0.25, -0.2) is 0 Å². The summed E-state index contributed by atoms with van der Waals surface area (Å²) in [4.78, 5) is 2.36. The average molecular weight is 730 g/mol. The van der Waals surface area contributed by atoms with Gasteiger partial charge in [-0.05, 0) is 123 Å². The summed E-state index contributed by atoms with van der Waals surface area (Å²) in [5.41, 5.74) is 15.7. The predicted octanol–water partition coefficient (Wildman–Crippen LogP) is 15.6. The van der Waals surface area contributed by atoms with Gasteiger partial charge in [0.15, 0.2) is 0 Å². The minimum absolute atomic E-state index is 0.870. The van der Waals surface area contributed by atoms with E-state index in [2.05, 4.69) is 193 Å². The molecule has 0 fully saturated rings. The molecule has 0 saturated carbocycles. The first kappa shape index (κ1) is 32.8. The fourth-order valence-electron chi connectivity index (χ4n) is 8.20. The molecule has 0 spiro atoms. The van der Waals surface area contributed by atoms with Crippen LogP contribution in [0, 0.1) is 0 Å². The van der Waals surface area contributed by atoms with Gasteiger partial charge in [-0.15, -0.1) is 0 Å². The first-order valence-electron chi connectivity index (χ1n) is 19.3. The van der Waals surface area contributed by atoms with E-state index < -0.39 is 0 Å². The quantitative estimate of drug-likeness (QED) is 0.164. The Kier molecular flexibility index (Phi) is 7.82. The van der Waals surface area contributed by atoms with Crippen molar-refractivity contribution in [2.45, 2.75) is 0 Å². The Hall–Kier alpha value is -7.62. The number of hydrogen-bond acceptors (Lipinski definition) is 3. The van der Waals surface area contributed by atoms with Gasteiger partial charge in [0.25, 0.3) is 0 Å². The number of hydrogen-bond donors (Lipinski definition) is 0. The Morgan fingerprint density at radius 1 is 0.228 bits per heavy atom. The molecule has 0 aliphatic carbocycles. The van der Waals surface area contributed by atoms with Gasteiger partial charge in [-0.1, -0.05) is 133 Å². The Bertz CT molecular complexity index is 3000. The van der Waals surface area contributed by atoms with E-state index in [1.165, 1.54) is 22.3 Å². The highest BCUT2D eigenvalue weighted by molar-refractivity contribution is 6.07. The third-order valence-electron chi connectivity index (χ3n) is 11.1. The molecule has 0 atom stereocenters. The molecule has 268 valence electrons. The van der Waals surface area contributed by atoms with E-state index in [1.807, 2.05) is 24.3 Å². The molecule has 0 unspecified atom stereocenters. The van der Waals surface area contributed by atoms with Crippen molar-refractivity contribution >= 4 is 60.9 Å². The van der Waals surface area contributed by atoms with Gasteiger partial charge >= 0.3 is 0 Å². The Morgan fingerprint density at radius 3 is 1.05 bits per heavy atom. The van der Waals surface area contributed by atoms with Gasteiger partial charge in [-0.3, -0.25) is 0 Å². The van der Waals surface area contributed by atoms with E-state index in [0.717, 1.165) is 83.2 Å². The van der Waals surface area contributed by atoms with Crippen LogP contribution in [0.4, 0.5) is 17.1 Å². The van der Waals surface area contributed by atoms with Gasteiger partial charge in [-0.2, -0.15) is 0 Å². The lowest BCUT2D eigenvalue weighted by Crippen LogP contribution is -2.10. The maximum atomic E-state index is 6.40. The molecule has 0 amide bonds. The van der Waals surface area contributed by atoms with E-state index in [0.29, 0.717) is 0 Å². The second kappa shape index (κ2) is 13.6. The highest BCUT2D eigenvalue weighted by Crippen LogP contribution is 2.43. The standard InChI is InChI=1S/C54H35NO2/c1-3-11-36(12-4-1)38-19-25-44(26-20-38)55(45-27-21-39(22-28-45)37-13-5-2-6-14-37)46-32-42(40-23-29-49-47-15-7-9-17-51(47)56-53(49)34-40)31-43(33-46)41-24-30-50-48-16-8-10-18-52(48)57-54(50)35-41/h1-35H. The SMILES string of the molecule is c1ccc(-c2ccc(N(c3ccc(-c4ccccc4)cc3)c3cc(-c4ccc5c(c4)oc4ccccc45)cc(-c4ccc5c(c4)oc4ccccc45)c3)cc2)cc1. The largest absolute Gasteiger partial charge is 0.456 e. The van der Waals surface area contributed by atoms with E-state index in [-0.39, 0.29) is 0 Å². The Labute approximate surface area is 330 Å². The van der Waals surface area contributed by atoms with Crippen LogP contribution >= 0.6 is 0 Å². The number of rotatable bonds is 7. The third kappa shape index (κ3) is 5.94. The predicted molar refractivity (Wildman–Crippen MR) is 237 cm³/mol. The fraction of sp³-hybridized carbons (Fsp3) is 0. The summed E-state index contributed by atoms with van der Waals surface area (Å²) in [6.45, 7) is 0. The Balaban J connectivity index is 1.11. The third-order valence-corrected chi connectivity index (χ3v) is 11.1. The van der Waals surface area contributed by atoms with Gasteiger partial charge in [0.1, 0.15) is 22.3 Å². The molecular weight excluding hydrogens is 695 g/mol. The van der Waals surface area contributed by atoms with Crippen molar-refractivity contribution in [3.63, 3.8) is 0 Å². The van der Waals surface area contributed by atoms with Crippen LogP contribution < -0.4 is 4.90 Å². The lowest BCUT2D eigenvalue weighted by atomic mass is 9.96. The number of para-hydroxylation sites is 2. The molecule has 0 saturated heterocycles. The minimum atomic E-state index is 0.870. The zero-order chi connectivity index (χ0) is 37.7. The molecule has 57 heavy (non-hydrogen) atoms. The first-order chi connectivity index (χ1) is 28.2. The van der Waals surface area contributed by atoms with Crippen molar-refractivity contribution in [1.29, 1.82) is 0 Å². The van der Waals surface area contributed by atoms with Crippen molar-refractivity contribution in [1.82, 2.24) is 0 Å². The number of benzene rings is 9. The zero-order valence-corrected chi connectivity index (χ0v) is 31.0. The molecule has 3 heteroatoms. The van der Waals surface area contributed by atoms with Gasteiger partial charge < -0.3 is 13.7 Å². The van der Waals surface area contributed by atoms with Crippen molar-refractivity contribution < 1.29 is 8.83 Å². The first-order valence-corrected chi connectivity index (χ1v) is 19.3. The van der Waals surface area contributed by atoms with E-state index in [4.69, 9.17) is 8.83 Å². The molecule has 0 radical (unpaired) electrons. The maximum absolute atomic E-state index is 6.40. The second-order valence-electron chi connectivity index (χ2n) is 14.5. The summed E-state index contributed by atoms with van der Waals surface area (Å²) < 4.78 is 12.8. The molecule has 3 nitrogen and oxygen atoms in total. The van der Waals surface area contributed by atoms with E-state index >= 15 is 0 Å². The second-order valence-corrected chi connectivity index (χ2v) is 14.5. The molecular formula is C54H35NO2. The smallest absolute Gasteiger partial charge is 0.136 e. The van der Waals surface area contributed by atoms with Gasteiger partial charge in [0, 0.05) is 38.6 Å². The lowest BCUT2D eigenvalue weighted by Gasteiger charge is -2.27. The molecule has 0 aliphatic heterocycles. The molecule has 0 aliphatic rings. The maximum Gasteiger partial charge on any atom is 0.136 e. The van der Waals surface area contributed by atoms with Crippen LogP contribution in [-0.2, 0) is 0 Å². The fourth-order valence-corrected chi connectivity index (χ4v) is 8.20. The van der Waals surface area contributed by atoms with E-state index in [9.17, 15) is 0 Å². The average Bonchev–Trinajstić information content (AvgIpc) is 3.85. The summed E-state index contributed by atoms with van der Waals surface area (Å²) in [6.07, 6.45) is 0. The molecule has 2 heterocycles. The van der Waals surface area contributed by atoms with E-state index in [1.54, 1.807) is 0 Å². The topological polar surface area (TPSA) is 29.5 Å². The van der Waals surface area contributed by atoms with Crippen LogP contribution in [-0.4, -0.2) is 0 Å². The highest BCUT2D eigenvalue weighted by Gasteiger charge is 2.18. The molecule has 11 rings (SSSR count). The molecule has 0 N–H and O–H groups in total. The van der Waals surface area contributed by atoms with Crippen molar-refractivity contribution in [2.24, 2.45) is 0 Å². The highest BCUT2D eigenvalue weighted by atomic mass is 16.3. The summed E-state index contributed by atoms with van der Waals surface area (Å²) in [5.74, 6) is 0. The lowest BCUT2D eigenvalue weighted by molar-refractivity contribution is 0.668. The van der Waals surface area contributed by atoms with Crippen LogP contribution in [0.2, 0.25) is 0 Å². The molecule has 2 aromatic heterocycles. The van der Waals surface area contributed by atoms with Gasteiger partial charge in [0.2, 0.25) is 0 Å². The van der Waals surface area contributed by atoms with Crippen molar-refractivity contribution in [3.05, 3.63) is 212 Å². The van der Waals surface area contributed by atoms with Crippen molar-refractivity contribution in [2.75, 3.05) is 4.90 Å². The van der Waals surface area contributed by atoms with Crippen LogP contribution in [0.1, 0.15) is 0 Å². The summed E-state index contributed by atoms with van der Waals surface area (Å²) >= 11 is 0.